The lowest BCUT2D eigenvalue weighted by Gasteiger charge is -2.32. The van der Waals surface area contributed by atoms with Crippen LogP contribution in [0.4, 0.5) is 0 Å². The number of ether oxygens (including phenoxy) is 1. The molecular weight excluding hydrogens is 528 g/mol. The third-order valence-corrected chi connectivity index (χ3v) is 7.33. The Bertz CT molecular complexity index is 1170. The second-order valence-corrected chi connectivity index (χ2v) is 10.9. The lowest BCUT2D eigenvalue weighted by molar-refractivity contribution is -0.143. The fraction of sp³-hybridized carbons (Fsp3) is 0.355. The van der Waals surface area contributed by atoms with Crippen molar-refractivity contribution in [2.45, 2.75) is 64.6 Å². The van der Waals surface area contributed by atoms with Gasteiger partial charge in [0.05, 0.1) is 0 Å². The van der Waals surface area contributed by atoms with E-state index in [1.54, 1.807) is 4.90 Å². The molecule has 1 fully saturated rings. The van der Waals surface area contributed by atoms with E-state index in [-0.39, 0.29) is 24.5 Å². The van der Waals surface area contributed by atoms with Crippen LogP contribution in [0.1, 0.15) is 47.9 Å². The Morgan fingerprint density at radius 2 is 1.59 bits per heavy atom. The van der Waals surface area contributed by atoms with Crippen LogP contribution in [-0.2, 0) is 22.6 Å². The Labute approximate surface area is 228 Å². The number of amides is 2. The van der Waals surface area contributed by atoms with E-state index in [2.05, 4.69) is 27.3 Å². The van der Waals surface area contributed by atoms with Crippen LogP contribution in [0.5, 0.6) is 5.75 Å². The zero-order valence-corrected chi connectivity index (χ0v) is 23.2. The highest BCUT2D eigenvalue weighted by Crippen LogP contribution is 2.21. The van der Waals surface area contributed by atoms with E-state index in [0.717, 1.165) is 52.4 Å². The van der Waals surface area contributed by atoms with E-state index in [0.29, 0.717) is 18.7 Å². The van der Waals surface area contributed by atoms with E-state index in [9.17, 15) is 9.59 Å². The molecule has 1 saturated carbocycles. The molecular formula is C31H35BrN2O3. The van der Waals surface area contributed by atoms with Crippen LogP contribution in [0.3, 0.4) is 0 Å². The minimum atomic E-state index is -0.651. The van der Waals surface area contributed by atoms with Gasteiger partial charge in [-0.05, 0) is 73.2 Å². The standard InChI is InChI=1S/C31H35BrN2O3/c1-22-16-23(2)18-28(17-22)37-21-30(35)34(20-25-12-14-26(32)15-13-25)29(19-24-8-4-3-5-9-24)31(36)33-27-10-6-7-11-27/h3-5,8-9,12-18,27,29H,6-7,10-11,19-21H2,1-2H3,(H,33,36)/t29-/m1/s1. The van der Waals surface area contributed by atoms with Crippen molar-refractivity contribution >= 4 is 27.7 Å². The van der Waals surface area contributed by atoms with Crippen LogP contribution in [0.15, 0.2) is 77.3 Å². The van der Waals surface area contributed by atoms with E-state index >= 15 is 0 Å². The molecule has 0 radical (unpaired) electrons. The lowest BCUT2D eigenvalue weighted by atomic mass is 10.0. The zero-order valence-electron chi connectivity index (χ0n) is 21.6. The van der Waals surface area contributed by atoms with Crippen LogP contribution in [-0.4, -0.2) is 35.4 Å². The summed E-state index contributed by atoms with van der Waals surface area (Å²) in [6.45, 7) is 4.19. The second kappa shape index (κ2) is 12.9. The fourth-order valence-corrected chi connectivity index (χ4v) is 5.22. The second-order valence-electron chi connectivity index (χ2n) is 9.96. The molecule has 0 unspecified atom stereocenters. The molecule has 194 valence electrons. The number of nitrogens with zero attached hydrogens (tertiary/aromatic N) is 1. The molecule has 0 aliphatic heterocycles. The molecule has 2 amide bonds. The predicted octanol–water partition coefficient (Wildman–Crippen LogP) is 6.14. The average Bonchev–Trinajstić information content (AvgIpc) is 3.39. The summed E-state index contributed by atoms with van der Waals surface area (Å²) in [6, 6.07) is 23.2. The van der Waals surface area contributed by atoms with E-state index in [4.69, 9.17) is 4.74 Å². The van der Waals surface area contributed by atoms with Gasteiger partial charge in [-0.25, -0.2) is 0 Å². The molecule has 4 rings (SSSR count). The summed E-state index contributed by atoms with van der Waals surface area (Å²) in [5.41, 5.74) is 4.12. The third kappa shape index (κ3) is 7.93. The fourth-order valence-electron chi connectivity index (χ4n) is 4.95. The van der Waals surface area contributed by atoms with Crippen LogP contribution in [0.2, 0.25) is 0 Å². The van der Waals surface area contributed by atoms with Gasteiger partial charge in [-0.1, -0.05) is 77.3 Å². The molecule has 1 aliphatic rings. The number of hydrogen-bond acceptors (Lipinski definition) is 3. The Morgan fingerprint density at radius 3 is 2.24 bits per heavy atom. The van der Waals surface area contributed by atoms with E-state index in [1.165, 1.54) is 0 Å². The van der Waals surface area contributed by atoms with Crippen LogP contribution < -0.4 is 10.1 Å². The van der Waals surface area contributed by atoms with Gasteiger partial charge >= 0.3 is 0 Å². The van der Waals surface area contributed by atoms with Gasteiger partial charge in [-0.2, -0.15) is 0 Å². The van der Waals surface area contributed by atoms with E-state index in [1.807, 2.05) is 80.6 Å². The molecule has 6 heteroatoms. The summed E-state index contributed by atoms with van der Waals surface area (Å²) in [5, 5.41) is 3.24. The van der Waals surface area contributed by atoms with Gasteiger partial charge in [0.15, 0.2) is 6.61 Å². The van der Waals surface area contributed by atoms with Gasteiger partial charge in [0, 0.05) is 23.5 Å². The van der Waals surface area contributed by atoms with Crippen molar-refractivity contribution in [3.05, 3.63) is 99.5 Å². The molecule has 5 nitrogen and oxygen atoms in total. The molecule has 0 heterocycles. The van der Waals surface area contributed by atoms with Gasteiger partial charge in [0.25, 0.3) is 5.91 Å². The van der Waals surface area contributed by atoms with Gasteiger partial charge in [0.1, 0.15) is 11.8 Å². The molecule has 0 aromatic heterocycles. The number of carbonyl (C=O) groups excluding carboxylic acids is 2. The molecule has 1 aliphatic carbocycles. The monoisotopic (exact) mass is 562 g/mol. The highest BCUT2D eigenvalue weighted by Gasteiger charge is 2.32. The van der Waals surface area contributed by atoms with E-state index < -0.39 is 6.04 Å². The Morgan fingerprint density at radius 1 is 0.946 bits per heavy atom. The summed E-state index contributed by atoms with van der Waals surface area (Å²) in [4.78, 5) is 29.1. The van der Waals surface area contributed by atoms with Crippen LogP contribution >= 0.6 is 15.9 Å². The third-order valence-electron chi connectivity index (χ3n) is 6.80. The topological polar surface area (TPSA) is 58.6 Å². The van der Waals surface area contributed by atoms with Crippen molar-refractivity contribution in [1.29, 1.82) is 0 Å². The number of hydrogen-bond donors (Lipinski definition) is 1. The number of benzene rings is 3. The number of nitrogens with one attached hydrogen (secondary N) is 1. The maximum absolute atomic E-state index is 13.7. The number of carbonyl (C=O) groups is 2. The van der Waals surface area contributed by atoms with Crippen molar-refractivity contribution in [2.75, 3.05) is 6.61 Å². The predicted molar refractivity (Wildman–Crippen MR) is 150 cm³/mol. The molecule has 1 atom stereocenters. The molecule has 37 heavy (non-hydrogen) atoms. The highest BCUT2D eigenvalue weighted by atomic mass is 79.9. The maximum Gasteiger partial charge on any atom is 0.261 e. The first-order valence-electron chi connectivity index (χ1n) is 13.0. The van der Waals surface area contributed by atoms with Crippen LogP contribution in [0.25, 0.3) is 0 Å². The van der Waals surface area contributed by atoms with Crippen molar-refractivity contribution in [2.24, 2.45) is 0 Å². The van der Waals surface area contributed by atoms with Crippen molar-refractivity contribution in [3.8, 4) is 5.75 Å². The molecule has 3 aromatic carbocycles. The first kappa shape index (κ1) is 26.9. The molecule has 1 N–H and O–H groups in total. The molecule has 0 spiro atoms. The minimum absolute atomic E-state index is 0.104. The number of halogens is 1. The summed E-state index contributed by atoms with van der Waals surface area (Å²) >= 11 is 3.48. The van der Waals surface area contributed by atoms with Crippen molar-refractivity contribution < 1.29 is 14.3 Å². The normalized spacial score (nSPS) is 14.2. The molecule has 0 bridgehead atoms. The average molecular weight is 564 g/mol. The van der Waals surface area contributed by atoms with Gasteiger partial charge in [-0.15, -0.1) is 0 Å². The first-order valence-corrected chi connectivity index (χ1v) is 13.8. The Kier molecular flexibility index (Phi) is 9.40. The summed E-state index contributed by atoms with van der Waals surface area (Å²) in [7, 11) is 0. The summed E-state index contributed by atoms with van der Waals surface area (Å²) < 4.78 is 6.92. The molecule has 0 saturated heterocycles. The molecule has 3 aromatic rings. The largest absolute Gasteiger partial charge is 0.484 e. The lowest BCUT2D eigenvalue weighted by Crippen LogP contribution is -2.53. The van der Waals surface area contributed by atoms with Crippen molar-refractivity contribution in [3.63, 3.8) is 0 Å². The van der Waals surface area contributed by atoms with Gasteiger partial charge < -0.3 is 15.0 Å². The van der Waals surface area contributed by atoms with Crippen LogP contribution in [0, 0.1) is 13.8 Å². The first-order chi connectivity index (χ1) is 17.9. The maximum atomic E-state index is 13.7. The Balaban J connectivity index is 1.61. The van der Waals surface area contributed by atoms with Gasteiger partial charge in [0.2, 0.25) is 5.91 Å². The van der Waals surface area contributed by atoms with Crippen molar-refractivity contribution in [1.82, 2.24) is 10.2 Å². The van der Waals surface area contributed by atoms with Gasteiger partial charge in [-0.3, -0.25) is 9.59 Å². The quantitative estimate of drug-likeness (QED) is 0.322. The summed E-state index contributed by atoms with van der Waals surface area (Å²) in [5.74, 6) is 0.335. The SMILES string of the molecule is Cc1cc(C)cc(OCC(=O)N(Cc2ccc(Br)cc2)[C@H](Cc2ccccc2)C(=O)NC2CCCC2)c1. The highest BCUT2D eigenvalue weighted by molar-refractivity contribution is 9.10. The minimum Gasteiger partial charge on any atom is -0.484 e. The number of aryl methyl sites for hydroxylation is 2. The Hall–Kier alpha value is -3.12. The summed E-state index contributed by atoms with van der Waals surface area (Å²) in [6.07, 6.45) is 4.66. The zero-order chi connectivity index (χ0) is 26.2. The number of rotatable bonds is 10. The smallest absolute Gasteiger partial charge is 0.261 e.